The molecule has 0 atom stereocenters. The van der Waals surface area contributed by atoms with Crippen LogP contribution in [0.15, 0.2) is 17.4 Å². The minimum Gasteiger partial charge on any atom is -0.229 e. The second-order valence-electron chi connectivity index (χ2n) is 2.96. The van der Waals surface area contributed by atoms with Crippen LogP contribution >= 0.6 is 23.1 Å². The molecule has 2 nitrogen and oxygen atoms in total. The Morgan fingerprint density at radius 3 is 3.13 bits per heavy atom. The maximum absolute atomic E-state index is 5.24. The zero-order valence-electron chi connectivity index (χ0n) is 8.36. The average Bonchev–Trinajstić information content (AvgIpc) is 2.69. The van der Waals surface area contributed by atoms with Gasteiger partial charge in [-0.25, -0.2) is 9.97 Å². The fourth-order valence-electron chi connectivity index (χ4n) is 1.28. The summed E-state index contributed by atoms with van der Waals surface area (Å²) in [5.74, 6) is 3.26. The molecule has 4 heteroatoms. The highest BCUT2D eigenvalue weighted by Gasteiger charge is 2.07. The number of fused-ring (bicyclic) bond motifs is 1. The summed E-state index contributed by atoms with van der Waals surface area (Å²) in [5, 5.41) is 2.13. The van der Waals surface area contributed by atoms with E-state index in [1.165, 1.54) is 4.88 Å². The second kappa shape index (κ2) is 4.65. The molecule has 2 aromatic heterocycles. The standard InChI is InChI=1S/C11H10N2S2/c1-3-5-14-10-9-6-8(4-2)15-11(9)13-7-12-10/h1,6-7H,4-5H2,2H3. The number of thioether (sulfide) groups is 1. The highest BCUT2D eigenvalue weighted by atomic mass is 32.2. The normalized spacial score (nSPS) is 10.4. The number of aryl methyl sites for hydroxylation is 1. The van der Waals surface area contributed by atoms with E-state index in [-0.39, 0.29) is 0 Å². The molecule has 2 aromatic rings. The lowest BCUT2D eigenvalue weighted by Crippen LogP contribution is -1.83. The lowest BCUT2D eigenvalue weighted by atomic mass is 10.3. The van der Waals surface area contributed by atoms with Gasteiger partial charge in [0.2, 0.25) is 0 Å². The van der Waals surface area contributed by atoms with E-state index < -0.39 is 0 Å². The molecule has 0 radical (unpaired) electrons. The maximum Gasteiger partial charge on any atom is 0.128 e. The van der Waals surface area contributed by atoms with Crippen LogP contribution in [0.25, 0.3) is 10.2 Å². The number of rotatable bonds is 3. The molecule has 0 saturated heterocycles. The van der Waals surface area contributed by atoms with Crippen LogP contribution in [-0.4, -0.2) is 15.7 Å². The van der Waals surface area contributed by atoms with Gasteiger partial charge in [-0.15, -0.1) is 17.8 Å². The van der Waals surface area contributed by atoms with Crippen LogP contribution in [0.5, 0.6) is 0 Å². The van der Waals surface area contributed by atoms with Gasteiger partial charge in [0, 0.05) is 10.3 Å². The van der Waals surface area contributed by atoms with Gasteiger partial charge in [-0.3, -0.25) is 0 Å². The minimum absolute atomic E-state index is 0.656. The molecular formula is C11H10N2S2. The van der Waals surface area contributed by atoms with Crippen molar-refractivity contribution >= 4 is 33.3 Å². The third-order valence-electron chi connectivity index (χ3n) is 1.98. The van der Waals surface area contributed by atoms with E-state index in [0.29, 0.717) is 5.75 Å². The Morgan fingerprint density at radius 2 is 2.40 bits per heavy atom. The average molecular weight is 234 g/mol. The van der Waals surface area contributed by atoms with Crippen molar-refractivity contribution < 1.29 is 0 Å². The first-order chi connectivity index (χ1) is 7.35. The summed E-state index contributed by atoms with van der Waals surface area (Å²) in [4.78, 5) is 10.9. The van der Waals surface area contributed by atoms with E-state index in [1.54, 1.807) is 29.4 Å². The van der Waals surface area contributed by atoms with Crippen LogP contribution in [0, 0.1) is 12.3 Å². The number of thiophene rings is 1. The van der Waals surface area contributed by atoms with Crippen molar-refractivity contribution in [2.45, 2.75) is 18.4 Å². The van der Waals surface area contributed by atoms with Crippen molar-refractivity contribution in [1.82, 2.24) is 9.97 Å². The second-order valence-corrected chi connectivity index (χ2v) is 5.04. The largest absolute Gasteiger partial charge is 0.229 e. The molecule has 0 amide bonds. The zero-order valence-corrected chi connectivity index (χ0v) is 9.99. The SMILES string of the molecule is C#CCSc1ncnc2sc(CC)cc12. The first kappa shape index (κ1) is 10.5. The van der Waals surface area contributed by atoms with Crippen molar-refractivity contribution in [3.63, 3.8) is 0 Å². The predicted molar refractivity (Wildman–Crippen MR) is 66.4 cm³/mol. The van der Waals surface area contributed by atoms with E-state index in [9.17, 15) is 0 Å². The molecule has 0 fully saturated rings. The molecule has 0 N–H and O–H groups in total. The van der Waals surface area contributed by atoms with Gasteiger partial charge in [0.25, 0.3) is 0 Å². The van der Waals surface area contributed by atoms with E-state index >= 15 is 0 Å². The topological polar surface area (TPSA) is 25.8 Å². The minimum atomic E-state index is 0.656. The van der Waals surface area contributed by atoms with Gasteiger partial charge >= 0.3 is 0 Å². The van der Waals surface area contributed by atoms with Crippen LogP contribution in [0.4, 0.5) is 0 Å². The number of aromatic nitrogens is 2. The third kappa shape index (κ3) is 2.14. The Kier molecular flexibility index (Phi) is 3.24. The Bertz CT molecular complexity index is 511. The van der Waals surface area contributed by atoms with Gasteiger partial charge in [0.05, 0.1) is 5.75 Å². The molecule has 2 heterocycles. The quantitative estimate of drug-likeness (QED) is 0.464. The molecule has 0 unspecified atom stereocenters. The first-order valence-electron chi connectivity index (χ1n) is 4.64. The van der Waals surface area contributed by atoms with E-state index in [2.05, 4.69) is 28.9 Å². The van der Waals surface area contributed by atoms with Gasteiger partial charge < -0.3 is 0 Å². The summed E-state index contributed by atoms with van der Waals surface area (Å²) in [6.07, 6.45) is 7.89. The zero-order chi connectivity index (χ0) is 10.7. The van der Waals surface area contributed by atoms with Crippen LogP contribution < -0.4 is 0 Å². The molecule has 2 rings (SSSR count). The molecule has 76 valence electrons. The van der Waals surface area contributed by atoms with Gasteiger partial charge in [-0.05, 0) is 12.5 Å². The predicted octanol–water partition coefficient (Wildman–Crippen LogP) is 2.98. The molecule has 0 aliphatic heterocycles. The Hall–Kier alpha value is -1.05. The molecule has 15 heavy (non-hydrogen) atoms. The number of terminal acetylenes is 1. The van der Waals surface area contributed by atoms with Crippen LogP contribution in [0.2, 0.25) is 0 Å². The molecule has 0 aromatic carbocycles. The molecule has 0 aliphatic carbocycles. The van der Waals surface area contributed by atoms with Gasteiger partial charge in [0.15, 0.2) is 0 Å². The fourth-order valence-corrected chi connectivity index (χ4v) is 2.94. The molecule has 0 aliphatic rings. The Morgan fingerprint density at radius 1 is 1.53 bits per heavy atom. The summed E-state index contributed by atoms with van der Waals surface area (Å²) >= 11 is 3.32. The molecule has 0 bridgehead atoms. The van der Waals surface area contributed by atoms with Crippen molar-refractivity contribution in [2.24, 2.45) is 0 Å². The van der Waals surface area contributed by atoms with Crippen molar-refractivity contribution in [2.75, 3.05) is 5.75 Å². The van der Waals surface area contributed by atoms with E-state index in [4.69, 9.17) is 6.42 Å². The summed E-state index contributed by atoms with van der Waals surface area (Å²) in [6, 6.07) is 2.17. The number of hydrogen-bond acceptors (Lipinski definition) is 4. The molecule has 0 spiro atoms. The smallest absolute Gasteiger partial charge is 0.128 e. The fraction of sp³-hybridized carbons (Fsp3) is 0.273. The highest BCUT2D eigenvalue weighted by Crippen LogP contribution is 2.30. The summed E-state index contributed by atoms with van der Waals surface area (Å²) in [7, 11) is 0. The maximum atomic E-state index is 5.24. The van der Waals surface area contributed by atoms with Gasteiger partial charge in [-0.2, -0.15) is 0 Å². The van der Waals surface area contributed by atoms with Crippen molar-refractivity contribution in [3.05, 3.63) is 17.3 Å². The van der Waals surface area contributed by atoms with Crippen LogP contribution in [0.3, 0.4) is 0 Å². The highest BCUT2D eigenvalue weighted by molar-refractivity contribution is 7.99. The van der Waals surface area contributed by atoms with Gasteiger partial charge in [0.1, 0.15) is 16.2 Å². The number of nitrogens with zero attached hydrogens (tertiary/aromatic N) is 2. The van der Waals surface area contributed by atoms with Crippen LogP contribution in [0.1, 0.15) is 11.8 Å². The molecule has 0 saturated carbocycles. The Balaban J connectivity index is 2.45. The van der Waals surface area contributed by atoms with E-state index in [0.717, 1.165) is 21.7 Å². The lowest BCUT2D eigenvalue weighted by molar-refractivity contribution is 1.11. The third-order valence-corrected chi connectivity index (χ3v) is 4.08. The van der Waals surface area contributed by atoms with Crippen molar-refractivity contribution in [1.29, 1.82) is 0 Å². The summed E-state index contributed by atoms with van der Waals surface area (Å²) < 4.78 is 0. The van der Waals surface area contributed by atoms with Crippen LogP contribution in [-0.2, 0) is 6.42 Å². The lowest BCUT2D eigenvalue weighted by Gasteiger charge is -1.96. The van der Waals surface area contributed by atoms with Gasteiger partial charge in [-0.1, -0.05) is 24.6 Å². The summed E-state index contributed by atoms with van der Waals surface area (Å²) in [5.41, 5.74) is 0. The first-order valence-corrected chi connectivity index (χ1v) is 6.45. The van der Waals surface area contributed by atoms with E-state index in [1.807, 2.05) is 0 Å². The Labute approximate surface area is 97.1 Å². The molecular weight excluding hydrogens is 224 g/mol. The summed E-state index contributed by atoms with van der Waals surface area (Å²) in [6.45, 7) is 2.15. The monoisotopic (exact) mass is 234 g/mol. The van der Waals surface area contributed by atoms with Crippen molar-refractivity contribution in [3.8, 4) is 12.3 Å². The number of hydrogen-bond donors (Lipinski definition) is 0.